The van der Waals surface area contributed by atoms with E-state index in [9.17, 15) is 0 Å². The smallest absolute Gasteiger partial charge is 0.0118 e. The average Bonchev–Trinajstić information content (AvgIpc) is 2.15. The highest BCUT2D eigenvalue weighted by Gasteiger charge is 2.22. The van der Waals surface area contributed by atoms with Crippen LogP contribution in [-0.4, -0.2) is 38.1 Å². The molecule has 16 heavy (non-hydrogen) atoms. The van der Waals surface area contributed by atoms with Crippen molar-refractivity contribution in [3.05, 3.63) is 0 Å². The van der Waals surface area contributed by atoms with Gasteiger partial charge >= 0.3 is 0 Å². The van der Waals surface area contributed by atoms with Crippen molar-refractivity contribution in [2.24, 2.45) is 17.8 Å². The van der Waals surface area contributed by atoms with E-state index in [0.29, 0.717) is 6.04 Å². The molecule has 0 aromatic rings. The van der Waals surface area contributed by atoms with Gasteiger partial charge < -0.3 is 10.2 Å². The van der Waals surface area contributed by atoms with Gasteiger partial charge in [-0.3, -0.25) is 0 Å². The molecular weight excluding hydrogens is 196 g/mol. The maximum Gasteiger partial charge on any atom is 0.0118 e. The lowest BCUT2D eigenvalue weighted by molar-refractivity contribution is 0.240. The van der Waals surface area contributed by atoms with E-state index >= 15 is 0 Å². The molecule has 0 fully saturated rings. The normalized spacial score (nSPS) is 16.1. The molecule has 0 amide bonds. The van der Waals surface area contributed by atoms with E-state index in [0.717, 1.165) is 24.3 Å². The summed E-state index contributed by atoms with van der Waals surface area (Å²) in [5, 5.41) is 3.73. The number of nitrogens with one attached hydrogen (secondary N) is 1. The molecule has 0 aliphatic carbocycles. The Morgan fingerprint density at radius 1 is 0.938 bits per heavy atom. The van der Waals surface area contributed by atoms with Gasteiger partial charge in [0.15, 0.2) is 0 Å². The molecule has 1 N–H and O–H groups in total. The quantitative estimate of drug-likeness (QED) is 0.643. The van der Waals surface area contributed by atoms with E-state index in [4.69, 9.17) is 0 Å². The van der Waals surface area contributed by atoms with Gasteiger partial charge in [0.05, 0.1) is 0 Å². The maximum atomic E-state index is 3.73. The lowest BCUT2D eigenvalue weighted by atomic mass is 9.84. The molecule has 0 aliphatic heterocycles. The van der Waals surface area contributed by atoms with Crippen molar-refractivity contribution in [2.45, 2.75) is 47.1 Å². The van der Waals surface area contributed by atoms with Crippen LogP contribution in [0.25, 0.3) is 0 Å². The minimum absolute atomic E-state index is 0.655. The molecule has 2 atom stereocenters. The van der Waals surface area contributed by atoms with Crippen molar-refractivity contribution < 1.29 is 0 Å². The number of hydrogen-bond acceptors (Lipinski definition) is 2. The average molecular weight is 228 g/mol. The van der Waals surface area contributed by atoms with Crippen LogP contribution in [0.2, 0.25) is 0 Å². The predicted molar refractivity (Wildman–Crippen MR) is 73.8 cm³/mol. The lowest BCUT2D eigenvalue weighted by Gasteiger charge is -2.31. The minimum atomic E-state index is 0.655. The number of nitrogens with zero attached hydrogens (tertiary/aromatic N) is 1. The third-order valence-electron chi connectivity index (χ3n) is 3.50. The summed E-state index contributed by atoms with van der Waals surface area (Å²) >= 11 is 0. The van der Waals surface area contributed by atoms with E-state index in [-0.39, 0.29) is 0 Å². The minimum Gasteiger partial charge on any atom is -0.313 e. The molecule has 0 saturated carbocycles. The second kappa shape index (κ2) is 8.08. The van der Waals surface area contributed by atoms with Crippen molar-refractivity contribution in [2.75, 3.05) is 27.2 Å². The van der Waals surface area contributed by atoms with Crippen LogP contribution in [0.1, 0.15) is 41.0 Å². The standard InChI is InChI=1S/C14H32N2/c1-11(2)13(5)14(12(3)4)15-9-8-10-16(6)7/h11-15H,8-10H2,1-7H3. The molecule has 2 nitrogen and oxygen atoms in total. The molecule has 0 bridgehead atoms. The monoisotopic (exact) mass is 228 g/mol. The van der Waals surface area contributed by atoms with E-state index in [2.05, 4.69) is 58.9 Å². The van der Waals surface area contributed by atoms with Crippen molar-refractivity contribution >= 4 is 0 Å². The van der Waals surface area contributed by atoms with Crippen LogP contribution in [0.3, 0.4) is 0 Å². The topological polar surface area (TPSA) is 15.3 Å². The van der Waals surface area contributed by atoms with Crippen LogP contribution in [0.5, 0.6) is 0 Å². The first-order valence-corrected chi connectivity index (χ1v) is 6.74. The molecule has 2 unspecified atom stereocenters. The Bertz CT molecular complexity index is 164. The van der Waals surface area contributed by atoms with Crippen molar-refractivity contribution in [3.63, 3.8) is 0 Å². The van der Waals surface area contributed by atoms with Gasteiger partial charge in [-0.1, -0.05) is 34.6 Å². The Kier molecular flexibility index (Phi) is 8.04. The van der Waals surface area contributed by atoms with E-state index in [1.165, 1.54) is 13.0 Å². The van der Waals surface area contributed by atoms with Crippen molar-refractivity contribution in [1.29, 1.82) is 0 Å². The fourth-order valence-electron chi connectivity index (χ4n) is 2.11. The second-order valence-corrected chi connectivity index (χ2v) is 5.98. The highest BCUT2D eigenvalue weighted by molar-refractivity contribution is 4.78. The summed E-state index contributed by atoms with van der Waals surface area (Å²) in [4.78, 5) is 2.25. The maximum absolute atomic E-state index is 3.73. The zero-order chi connectivity index (χ0) is 12.7. The largest absolute Gasteiger partial charge is 0.313 e. The van der Waals surface area contributed by atoms with Gasteiger partial charge in [0, 0.05) is 6.04 Å². The summed E-state index contributed by atoms with van der Waals surface area (Å²) in [6.45, 7) is 14.0. The summed E-state index contributed by atoms with van der Waals surface area (Å²) in [7, 11) is 4.27. The summed E-state index contributed by atoms with van der Waals surface area (Å²) in [6.07, 6.45) is 1.24. The zero-order valence-electron chi connectivity index (χ0n) is 12.4. The second-order valence-electron chi connectivity index (χ2n) is 5.98. The van der Waals surface area contributed by atoms with Crippen molar-refractivity contribution in [1.82, 2.24) is 10.2 Å². The molecule has 2 heteroatoms. The fraction of sp³-hybridized carbons (Fsp3) is 1.00. The molecule has 0 rings (SSSR count). The SMILES string of the molecule is CC(C)C(C)C(NCCCN(C)C)C(C)C. The molecule has 0 spiro atoms. The van der Waals surface area contributed by atoms with E-state index in [1.54, 1.807) is 0 Å². The Labute approximate surface area is 103 Å². The van der Waals surface area contributed by atoms with Crippen LogP contribution in [0.15, 0.2) is 0 Å². The van der Waals surface area contributed by atoms with Crippen LogP contribution in [-0.2, 0) is 0 Å². The Morgan fingerprint density at radius 3 is 1.88 bits per heavy atom. The Hall–Kier alpha value is -0.0800. The van der Waals surface area contributed by atoms with Crippen LogP contribution < -0.4 is 5.32 Å². The van der Waals surface area contributed by atoms with Gasteiger partial charge in [0.1, 0.15) is 0 Å². The third-order valence-corrected chi connectivity index (χ3v) is 3.50. The molecule has 0 heterocycles. The molecule has 0 saturated heterocycles. The third kappa shape index (κ3) is 6.49. The lowest BCUT2D eigenvalue weighted by Crippen LogP contribution is -2.42. The first kappa shape index (κ1) is 15.9. The molecule has 98 valence electrons. The van der Waals surface area contributed by atoms with Gasteiger partial charge in [0.25, 0.3) is 0 Å². The van der Waals surface area contributed by atoms with Gasteiger partial charge in [-0.05, 0) is 51.4 Å². The first-order valence-electron chi connectivity index (χ1n) is 6.74. The molecular formula is C14H32N2. The van der Waals surface area contributed by atoms with E-state index < -0.39 is 0 Å². The summed E-state index contributed by atoms with van der Waals surface area (Å²) in [5.74, 6) is 2.23. The molecule has 0 radical (unpaired) electrons. The molecule has 0 aromatic heterocycles. The number of hydrogen-bond donors (Lipinski definition) is 1. The Balaban J connectivity index is 3.95. The Morgan fingerprint density at radius 2 is 1.50 bits per heavy atom. The van der Waals surface area contributed by atoms with Crippen LogP contribution >= 0.6 is 0 Å². The van der Waals surface area contributed by atoms with Gasteiger partial charge in [-0.15, -0.1) is 0 Å². The highest BCUT2D eigenvalue weighted by atomic mass is 15.1. The summed E-state index contributed by atoms with van der Waals surface area (Å²) in [6, 6.07) is 0.655. The number of rotatable bonds is 8. The van der Waals surface area contributed by atoms with Crippen LogP contribution in [0, 0.1) is 17.8 Å². The fourth-order valence-corrected chi connectivity index (χ4v) is 2.11. The van der Waals surface area contributed by atoms with Crippen LogP contribution in [0.4, 0.5) is 0 Å². The zero-order valence-corrected chi connectivity index (χ0v) is 12.4. The van der Waals surface area contributed by atoms with Gasteiger partial charge in [0.2, 0.25) is 0 Å². The first-order chi connectivity index (χ1) is 7.36. The predicted octanol–water partition coefficient (Wildman–Crippen LogP) is 2.84. The van der Waals surface area contributed by atoms with Crippen molar-refractivity contribution in [3.8, 4) is 0 Å². The molecule has 0 aromatic carbocycles. The molecule has 0 aliphatic rings. The van der Waals surface area contributed by atoms with E-state index in [1.807, 2.05) is 0 Å². The van der Waals surface area contributed by atoms with Gasteiger partial charge in [-0.2, -0.15) is 0 Å². The summed E-state index contributed by atoms with van der Waals surface area (Å²) in [5.41, 5.74) is 0. The highest BCUT2D eigenvalue weighted by Crippen LogP contribution is 2.20. The van der Waals surface area contributed by atoms with Gasteiger partial charge in [-0.25, -0.2) is 0 Å². The summed E-state index contributed by atoms with van der Waals surface area (Å²) < 4.78 is 0.